The minimum atomic E-state index is -5.36. The van der Waals surface area contributed by atoms with E-state index in [9.17, 15) is 38.7 Å². The fraction of sp³-hybridized carbons (Fsp3) is 0.280. The number of nitrogens with two attached hydrogens (primary N) is 1. The standard InChI is InChI=1S/C25H28N6O12P2/c26-25-29-22-19(23(35)30-25)27-13-31(22)24-21(34)20(33)16(42-24)11-40-44(36,37)43-45(38,39)41-12-17(32)28-18(14-7-3-1-4-8-14)15-9-5-2-6-10-15/h1-10,13,16,18,20-21,24,33-34H,11-12H2,(H,28,32)(H,36,37)(H,38,39)(H3,26,29,30,35)/t16-,20-,21-,24-/m1/s1. The number of ether oxygens (including phenoxy) is 1. The van der Waals surface area contributed by atoms with Crippen molar-refractivity contribution < 1.29 is 52.0 Å². The van der Waals surface area contributed by atoms with Crippen molar-refractivity contribution in [2.45, 2.75) is 30.6 Å². The number of nitrogens with one attached hydrogen (secondary N) is 2. The Kier molecular flexibility index (Phi) is 9.62. The SMILES string of the molecule is Nc1nc2c(ncn2[C@@H]2O[C@H](COP(=O)(O)OP(=O)(O)OCC(=O)NC(c3ccccc3)c3ccccc3)[C@@H](O)[C@H]2O)c(=O)[nH]1. The predicted octanol–water partition coefficient (Wildman–Crippen LogP) is 0.477. The number of carbonyl (C=O) groups excluding carboxylic acids is 1. The van der Waals surface area contributed by atoms with Crippen LogP contribution in [0.5, 0.6) is 0 Å². The van der Waals surface area contributed by atoms with Crippen LogP contribution < -0.4 is 16.6 Å². The van der Waals surface area contributed by atoms with Gasteiger partial charge in [0.25, 0.3) is 5.56 Å². The molecule has 0 bridgehead atoms. The molecule has 2 aromatic carbocycles. The van der Waals surface area contributed by atoms with Gasteiger partial charge in [-0.05, 0) is 11.1 Å². The maximum atomic E-state index is 12.6. The van der Waals surface area contributed by atoms with Gasteiger partial charge in [-0.2, -0.15) is 9.29 Å². The highest BCUT2D eigenvalue weighted by atomic mass is 31.3. The molecule has 8 N–H and O–H groups in total. The smallest absolute Gasteiger partial charge is 0.387 e. The molecule has 1 fully saturated rings. The van der Waals surface area contributed by atoms with Crippen LogP contribution in [-0.4, -0.2) is 77.0 Å². The summed E-state index contributed by atoms with van der Waals surface area (Å²) in [5.41, 5.74) is 6.12. The van der Waals surface area contributed by atoms with Crippen LogP contribution >= 0.6 is 15.6 Å². The third-order valence-electron chi connectivity index (χ3n) is 6.60. The number of aromatic amines is 1. The zero-order valence-electron chi connectivity index (χ0n) is 23.0. The van der Waals surface area contributed by atoms with Crippen molar-refractivity contribution in [3.05, 3.63) is 88.5 Å². The number of phosphoric acid groups is 2. The van der Waals surface area contributed by atoms with Crippen LogP contribution in [-0.2, 0) is 32.0 Å². The molecule has 3 heterocycles. The number of fused-ring (bicyclic) bond motifs is 1. The molecule has 1 aliphatic heterocycles. The van der Waals surface area contributed by atoms with Gasteiger partial charge >= 0.3 is 15.6 Å². The number of aromatic nitrogens is 4. The van der Waals surface area contributed by atoms with Crippen molar-refractivity contribution in [3.8, 4) is 0 Å². The number of H-pyrrole nitrogens is 1. The van der Waals surface area contributed by atoms with Crippen molar-refractivity contribution in [1.82, 2.24) is 24.8 Å². The largest absolute Gasteiger partial charge is 0.481 e. The minimum absolute atomic E-state index is 0.0773. The molecule has 45 heavy (non-hydrogen) atoms. The quantitative estimate of drug-likeness (QED) is 0.101. The van der Waals surface area contributed by atoms with E-state index in [1.54, 1.807) is 60.7 Å². The minimum Gasteiger partial charge on any atom is -0.387 e. The molecule has 1 saturated heterocycles. The molecule has 0 saturated carbocycles. The van der Waals surface area contributed by atoms with E-state index in [0.29, 0.717) is 11.1 Å². The Morgan fingerprint density at radius 1 is 1.02 bits per heavy atom. The molecule has 0 spiro atoms. The Morgan fingerprint density at radius 2 is 1.62 bits per heavy atom. The molecule has 4 aromatic rings. The van der Waals surface area contributed by atoms with E-state index in [-0.39, 0.29) is 17.1 Å². The zero-order valence-corrected chi connectivity index (χ0v) is 24.8. The highest BCUT2D eigenvalue weighted by Crippen LogP contribution is 2.60. The highest BCUT2D eigenvalue weighted by Gasteiger charge is 2.46. The van der Waals surface area contributed by atoms with E-state index in [1.165, 1.54) is 0 Å². The maximum absolute atomic E-state index is 12.6. The Labute approximate surface area is 253 Å². The van der Waals surface area contributed by atoms with Crippen LogP contribution in [0.4, 0.5) is 5.95 Å². The van der Waals surface area contributed by atoms with E-state index in [2.05, 4.69) is 29.1 Å². The molecule has 5 rings (SSSR count). The number of benzene rings is 2. The summed E-state index contributed by atoms with van der Waals surface area (Å²) in [6.45, 7) is -1.94. The van der Waals surface area contributed by atoms with Gasteiger partial charge in [-0.1, -0.05) is 60.7 Å². The average molecular weight is 666 g/mol. The first-order valence-electron chi connectivity index (χ1n) is 13.1. The van der Waals surface area contributed by atoms with Gasteiger partial charge in [-0.3, -0.25) is 28.2 Å². The molecule has 18 nitrogen and oxygen atoms in total. The second kappa shape index (κ2) is 13.3. The Hall–Kier alpha value is -3.80. The van der Waals surface area contributed by atoms with Gasteiger partial charge in [0.2, 0.25) is 11.9 Å². The summed E-state index contributed by atoms with van der Waals surface area (Å²) < 4.78 is 45.1. The second-order valence-corrected chi connectivity index (χ2v) is 12.8. The first-order valence-corrected chi connectivity index (χ1v) is 16.1. The lowest BCUT2D eigenvalue weighted by molar-refractivity contribution is -0.124. The molecular weight excluding hydrogens is 638 g/mol. The molecule has 2 unspecified atom stereocenters. The third kappa shape index (κ3) is 7.71. The van der Waals surface area contributed by atoms with E-state index in [4.69, 9.17) is 15.0 Å². The maximum Gasteiger partial charge on any atom is 0.481 e. The molecule has 1 amide bonds. The number of rotatable bonds is 12. The number of phosphoric ester groups is 2. The molecule has 0 radical (unpaired) electrons. The van der Waals surface area contributed by atoms with E-state index in [1.807, 2.05) is 0 Å². The van der Waals surface area contributed by atoms with Gasteiger partial charge in [0.15, 0.2) is 17.4 Å². The molecule has 20 heteroatoms. The van der Waals surface area contributed by atoms with Gasteiger partial charge in [-0.15, -0.1) is 0 Å². The van der Waals surface area contributed by atoms with Gasteiger partial charge in [0.1, 0.15) is 24.9 Å². The van der Waals surface area contributed by atoms with Crippen LogP contribution in [0.1, 0.15) is 23.4 Å². The fourth-order valence-corrected chi connectivity index (χ4v) is 6.60. The number of amides is 1. The number of aliphatic hydroxyl groups is 2. The number of aliphatic hydroxyl groups excluding tert-OH is 2. The van der Waals surface area contributed by atoms with Gasteiger partial charge in [0, 0.05) is 0 Å². The lowest BCUT2D eigenvalue weighted by Gasteiger charge is -2.21. The molecular formula is C25H28N6O12P2. The van der Waals surface area contributed by atoms with E-state index in [0.717, 1.165) is 10.9 Å². The molecule has 6 atom stereocenters. The number of hydrogen-bond donors (Lipinski definition) is 7. The number of anilines is 1. The van der Waals surface area contributed by atoms with Crippen molar-refractivity contribution in [3.63, 3.8) is 0 Å². The van der Waals surface area contributed by atoms with Gasteiger partial charge in [-0.25, -0.2) is 14.1 Å². The Balaban J connectivity index is 1.17. The van der Waals surface area contributed by atoms with E-state index < -0.39 is 70.9 Å². The van der Waals surface area contributed by atoms with Crippen LogP contribution in [0.3, 0.4) is 0 Å². The predicted molar refractivity (Wildman–Crippen MR) is 154 cm³/mol. The monoisotopic (exact) mass is 666 g/mol. The third-order valence-corrected chi connectivity index (χ3v) is 9.18. The van der Waals surface area contributed by atoms with Crippen molar-refractivity contribution in [2.75, 3.05) is 18.9 Å². The number of hydrogen-bond acceptors (Lipinski definition) is 13. The lowest BCUT2D eigenvalue weighted by Crippen LogP contribution is -2.33. The Bertz CT molecular complexity index is 1770. The lowest BCUT2D eigenvalue weighted by atomic mass is 9.99. The van der Waals surface area contributed by atoms with Crippen LogP contribution in [0.15, 0.2) is 71.8 Å². The summed E-state index contributed by atoms with van der Waals surface area (Å²) in [5.74, 6) is -1.09. The molecule has 0 aliphatic carbocycles. The Morgan fingerprint density at radius 3 is 2.24 bits per heavy atom. The van der Waals surface area contributed by atoms with Gasteiger partial charge in [0.05, 0.1) is 19.0 Å². The van der Waals surface area contributed by atoms with Crippen molar-refractivity contribution in [2.24, 2.45) is 0 Å². The first kappa shape index (κ1) is 32.6. The van der Waals surface area contributed by atoms with Crippen LogP contribution in [0.2, 0.25) is 0 Å². The van der Waals surface area contributed by atoms with Crippen LogP contribution in [0, 0.1) is 0 Å². The zero-order chi connectivity index (χ0) is 32.4. The number of nitrogen functional groups attached to an aromatic ring is 1. The normalized spacial score (nSPS) is 22.7. The fourth-order valence-electron chi connectivity index (χ4n) is 4.56. The summed E-state index contributed by atoms with van der Waals surface area (Å²) in [6.07, 6.45) is -5.10. The van der Waals surface area contributed by atoms with Gasteiger partial charge < -0.3 is 35.8 Å². The average Bonchev–Trinajstić information content (AvgIpc) is 3.54. The first-order chi connectivity index (χ1) is 21.3. The van der Waals surface area contributed by atoms with Crippen molar-refractivity contribution in [1.29, 1.82) is 0 Å². The topological polar surface area (TPSA) is 271 Å². The molecule has 1 aliphatic rings. The number of carbonyl (C=O) groups is 1. The summed E-state index contributed by atoms with van der Waals surface area (Å²) in [7, 11) is -10.7. The van der Waals surface area contributed by atoms with Crippen LogP contribution in [0.25, 0.3) is 11.2 Å². The molecule has 240 valence electrons. The number of imidazole rings is 1. The highest BCUT2D eigenvalue weighted by molar-refractivity contribution is 7.61. The summed E-state index contributed by atoms with van der Waals surface area (Å²) in [5, 5.41) is 23.6. The van der Waals surface area contributed by atoms with Crippen molar-refractivity contribution >= 4 is 38.7 Å². The number of nitrogens with zero attached hydrogens (tertiary/aromatic N) is 3. The summed E-state index contributed by atoms with van der Waals surface area (Å²) >= 11 is 0. The summed E-state index contributed by atoms with van der Waals surface area (Å²) in [6, 6.07) is 17.1. The summed E-state index contributed by atoms with van der Waals surface area (Å²) in [4.78, 5) is 54.8. The molecule has 2 aromatic heterocycles. The van der Waals surface area contributed by atoms with E-state index >= 15 is 0 Å². The second-order valence-electron chi connectivity index (χ2n) is 9.73.